The molecular formula is C7H5N3O. The minimum Gasteiger partial charge on any atom is -0.421 e. The third-order valence-corrected chi connectivity index (χ3v) is 1.38. The van der Waals surface area contributed by atoms with Gasteiger partial charge in [-0.05, 0) is 12.1 Å². The molecule has 0 aliphatic carbocycles. The summed E-state index contributed by atoms with van der Waals surface area (Å²) >= 11 is 0. The number of nitrogens with zero attached hydrogens (tertiary/aromatic N) is 2. The van der Waals surface area contributed by atoms with E-state index in [2.05, 4.69) is 10.1 Å². The Morgan fingerprint density at radius 1 is 1.36 bits per heavy atom. The van der Waals surface area contributed by atoms with Gasteiger partial charge in [-0.1, -0.05) is 12.1 Å². The predicted molar refractivity (Wildman–Crippen MR) is 38.8 cm³/mol. The summed E-state index contributed by atoms with van der Waals surface area (Å²) in [7, 11) is 0. The molecule has 1 aromatic carbocycles. The summed E-state index contributed by atoms with van der Waals surface area (Å²) in [6.45, 7) is 0. The van der Waals surface area contributed by atoms with Gasteiger partial charge in [-0.2, -0.15) is 10.5 Å². The summed E-state index contributed by atoms with van der Waals surface area (Å²) in [6.07, 6.45) is 0. The molecule has 2 rings (SSSR count). The van der Waals surface area contributed by atoms with Crippen LogP contribution in [0.25, 0.3) is 11.1 Å². The van der Waals surface area contributed by atoms with Crippen molar-refractivity contribution < 1.29 is 4.42 Å². The first-order valence-corrected chi connectivity index (χ1v) is 3.13. The Balaban J connectivity index is 2.78. The van der Waals surface area contributed by atoms with Crippen molar-refractivity contribution in [1.82, 2.24) is 4.98 Å². The molecule has 1 aromatic heterocycles. The number of oxazole rings is 1. The molecule has 0 fully saturated rings. The fourth-order valence-corrected chi connectivity index (χ4v) is 0.908. The number of hydrogen-bond acceptors (Lipinski definition) is 4. The van der Waals surface area contributed by atoms with Crippen LogP contribution in [0.1, 0.15) is 0 Å². The zero-order chi connectivity index (χ0) is 7.68. The third kappa shape index (κ3) is 0.881. The van der Waals surface area contributed by atoms with Crippen molar-refractivity contribution in [3.05, 3.63) is 24.3 Å². The zero-order valence-corrected chi connectivity index (χ0v) is 5.61. The maximum Gasteiger partial charge on any atom is 0.341 e. The van der Waals surface area contributed by atoms with E-state index in [-0.39, 0.29) is 6.01 Å². The van der Waals surface area contributed by atoms with Crippen molar-refractivity contribution in [1.29, 1.82) is 5.53 Å². The molecule has 0 radical (unpaired) electrons. The lowest BCUT2D eigenvalue weighted by atomic mass is 10.3. The first kappa shape index (κ1) is 6.03. The average Bonchev–Trinajstić information content (AvgIpc) is 2.46. The lowest BCUT2D eigenvalue weighted by Gasteiger charge is -1.79. The minimum atomic E-state index is 0.103. The van der Waals surface area contributed by atoms with Crippen molar-refractivity contribution in [2.24, 2.45) is 5.11 Å². The molecule has 4 heteroatoms. The third-order valence-electron chi connectivity index (χ3n) is 1.38. The second-order valence-corrected chi connectivity index (χ2v) is 2.08. The van der Waals surface area contributed by atoms with Gasteiger partial charge in [-0.25, -0.2) is 0 Å². The Morgan fingerprint density at radius 2 is 2.18 bits per heavy atom. The van der Waals surface area contributed by atoms with E-state index in [1.165, 1.54) is 0 Å². The van der Waals surface area contributed by atoms with Crippen LogP contribution in [0.15, 0.2) is 33.8 Å². The second kappa shape index (κ2) is 2.16. The molecule has 4 nitrogen and oxygen atoms in total. The van der Waals surface area contributed by atoms with Gasteiger partial charge in [0.15, 0.2) is 5.58 Å². The second-order valence-electron chi connectivity index (χ2n) is 2.08. The van der Waals surface area contributed by atoms with E-state index in [4.69, 9.17) is 9.95 Å². The highest BCUT2D eigenvalue weighted by atomic mass is 16.4. The van der Waals surface area contributed by atoms with Crippen LogP contribution >= 0.6 is 0 Å². The molecule has 1 heterocycles. The maximum absolute atomic E-state index is 6.64. The molecule has 1 N–H and O–H groups in total. The van der Waals surface area contributed by atoms with Crippen LogP contribution in [0.5, 0.6) is 0 Å². The van der Waals surface area contributed by atoms with E-state index >= 15 is 0 Å². The van der Waals surface area contributed by atoms with Gasteiger partial charge in [0, 0.05) is 0 Å². The minimum absolute atomic E-state index is 0.103. The fourth-order valence-electron chi connectivity index (χ4n) is 0.908. The Morgan fingerprint density at radius 3 is 2.91 bits per heavy atom. The molecule has 0 unspecified atom stereocenters. The SMILES string of the molecule is N=Nc1nc2ccccc2o1. The maximum atomic E-state index is 6.64. The quantitative estimate of drug-likeness (QED) is 0.630. The largest absolute Gasteiger partial charge is 0.421 e. The standard InChI is InChI=1S/C7H5N3O/c8-10-7-9-5-3-1-2-4-6(5)11-7/h1-4,8H. The van der Waals surface area contributed by atoms with E-state index < -0.39 is 0 Å². The van der Waals surface area contributed by atoms with Gasteiger partial charge < -0.3 is 4.42 Å². The molecule has 0 saturated carbocycles. The monoisotopic (exact) mass is 147 g/mol. The lowest BCUT2D eigenvalue weighted by molar-refractivity contribution is 0.602. The molecular weight excluding hydrogens is 142 g/mol. The Bertz CT molecular complexity index is 360. The van der Waals surface area contributed by atoms with E-state index in [9.17, 15) is 0 Å². The van der Waals surface area contributed by atoms with Gasteiger partial charge in [-0.3, -0.25) is 0 Å². The molecule has 0 atom stereocenters. The molecule has 0 bridgehead atoms. The van der Waals surface area contributed by atoms with Gasteiger partial charge in [0.2, 0.25) is 0 Å². The summed E-state index contributed by atoms with van der Waals surface area (Å²) in [5, 5.41) is 3.08. The normalized spacial score (nSPS) is 10.2. The van der Waals surface area contributed by atoms with Crippen LogP contribution in [0.3, 0.4) is 0 Å². The van der Waals surface area contributed by atoms with Gasteiger partial charge in [0.1, 0.15) is 5.52 Å². The highest BCUT2D eigenvalue weighted by molar-refractivity contribution is 5.73. The van der Waals surface area contributed by atoms with E-state index in [0.717, 1.165) is 5.52 Å². The molecule has 0 aliphatic rings. The smallest absolute Gasteiger partial charge is 0.341 e. The first-order chi connectivity index (χ1) is 5.40. The average molecular weight is 147 g/mol. The fraction of sp³-hybridized carbons (Fsp3) is 0. The van der Waals surface area contributed by atoms with Crippen molar-refractivity contribution >= 4 is 17.1 Å². The summed E-state index contributed by atoms with van der Waals surface area (Å²) in [6, 6.07) is 7.41. The van der Waals surface area contributed by atoms with Crippen molar-refractivity contribution in [3.63, 3.8) is 0 Å². The highest BCUT2D eigenvalue weighted by Gasteiger charge is 2.00. The lowest BCUT2D eigenvalue weighted by Crippen LogP contribution is -1.62. The van der Waals surface area contributed by atoms with Crippen LogP contribution in [0.2, 0.25) is 0 Å². The molecule has 0 saturated heterocycles. The number of hydrogen-bond donors (Lipinski definition) is 1. The number of rotatable bonds is 1. The van der Waals surface area contributed by atoms with Gasteiger partial charge in [-0.15, -0.1) is 5.11 Å². The van der Waals surface area contributed by atoms with Gasteiger partial charge in [0.25, 0.3) is 0 Å². The van der Waals surface area contributed by atoms with Crippen LogP contribution in [0, 0.1) is 5.53 Å². The van der Waals surface area contributed by atoms with Crippen LogP contribution in [-0.4, -0.2) is 4.98 Å². The first-order valence-electron chi connectivity index (χ1n) is 3.13. The van der Waals surface area contributed by atoms with E-state index in [1.54, 1.807) is 6.07 Å². The summed E-state index contributed by atoms with van der Waals surface area (Å²) in [4.78, 5) is 3.91. The number of fused-ring (bicyclic) bond motifs is 1. The van der Waals surface area contributed by atoms with Gasteiger partial charge in [0.05, 0.1) is 0 Å². The Hall–Kier alpha value is -1.71. The molecule has 2 aromatic rings. The molecule has 54 valence electrons. The van der Waals surface area contributed by atoms with E-state index in [0.29, 0.717) is 5.58 Å². The van der Waals surface area contributed by atoms with Crippen LogP contribution in [-0.2, 0) is 0 Å². The molecule has 0 amide bonds. The van der Waals surface area contributed by atoms with Crippen molar-refractivity contribution in [3.8, 4) is 0 Å². The van der Waals surface area contributed by atoms with Crippen LogP contribution < -0.4 is 0 Å². The number of benzene rings is 1. The van der Waals surface area contributed by atoms with E-state index in [1.807, 2.05) is 18.2 Å². The zero-order valence-electron chi connectivity index (χ0n) is 5.61. The molecule has 0 spiro atoms. The van der Waals surface area contributed by atoms with Crippen molar-refractivity contribution in [2.75, 3.05) is 0 Å². The molecule has 0 aliphatic heterocycles. The summed E-state index contributed by atoms with van der Waals surface area (Å²) in [5.41, 5.74) is 8.04. The number of nitrogens with one attached hydrogen (secondary N) is 1. The Labute approximate surface area is 62.4 Å². The van der Waals surface area contributed by atoms with Crippen LogP contribution in [0.4, 0.5) is 6.01 Å². The topological polar surface area (TPSA) is 62.2 Å². The predicted octanol–water partition coefficient (Wildman–Crippen LogP) is 2.49. The summed E-state index contributed by atoms with van der Waals surface area (Å²) < 4.78 is 5.05. The highest BCUT2D eigenvalue weighted by Crippen LogP contribution is 2.19. The van der Waals surface area contributed by atoms with Gasteiger partial charge >= 0.3 is 6.01 Å². The number of aromatic nitrogens is 1. The summed E-state index contributed by atoms with van der Waals surface area (Å²) in [5.74, 6) is 0. The van der Waals surface area contributed by atoms with Crippen molar-refractivity contribution in [2.45, 2.75) is 0 Å². The molecule has 11 heavy (non-hydrogen) atoms. The Kier molecular flexibility index (Phi) is 1.18. The number of para-hydroxylation sites is 2.